The van der Waals surface area contributed by atoms with Gasteiger partial charge in [-0.25, -0.2) is 4.98 Å². The largest absolute Gasteiger partial charge is 0.440 e. The first-order valence-corrected chi connectivity index (χ1v) is 10.0. The predicted octanol–water partition coefficient (Wildman–Crippen LogP) is 3.97. The predicted molar refractivity (Wildman–Crippen MR) is 100 cm³/mol. The summed E-state index contributed by atoms with van der Waals surface area (Å²) in [6, 6.07) is 3.99. The first-order valence-electron chi connectivity index (χ1n) is 9.12. The maximum atomic E-state index is 11.5. The van der Waals surface area contributed by atoms with Crippen LogP contribution in [0.4, 0.5) is 0 Å². The molecule has 1 saturated carbocycles. The van der Waals surface area contributed by atoms with Crippen LogP contribution < -0.4 is 5.73 Å². The van der Waals surface area contributed by atoms with Gasteiger partial charge in [0.05, 0.1) is 17.1 Å². The number of nitrogens with two attached hydrogens (primary N) is 1. The summed E-state index contributed by atoms with van der Waals surface area (Å²) >= 11 is 1.61. The first-order chi connectivity index (χ1) is 12.1. The number of thiophene rings is 1. The van der Waals surface area contributed by atoms with Crippen molar-refractivity contribution in [2.75, 3.05) is 13.1 Å². The van der Waals surface area contributed by atoms with Crippen molar-refractivity contribution in [2.24, 2.45) is 11.7 Å². The third kappa shape index (κ3) is 5.16. The average molecular weight is 362 g/mol. The van der Waals surface area contributed by atoms with Gasteiger partial charge in [-0.1, -0.05) is 38.2 Å². The number of rotatable bonds is 8. The molecule has 2 aromatic rings. The summed E-state index contributed by atoms with van der Waals surface area (Å²) in [6.07, 6.45) is 7.80. The van der Waals surface area contributed by atoms with Crippen molar-refractivity contribution in [3.05, 3.63) is 29.0 Å². The number of amides is 1. The minimum Gasteiger partial charge on any atom is -0.440 e. The van der Waals surface area contributed by atoms with E-state index in [2.05, 4.69) is 9.88 Å². The molecule has 1 aliphatic rings. The van der Waals surface area contributed by atoms with Crippen molar-refractivity contribution < 1.29 is 9.21 Å². The van der Waals surface area contributed by atoms with Crippen LogP contribution in [0.3, 0.4) is 0 Å². The van der Waals surface area contributed by atoms with Gasteiger partial charge in [0.1, 0.15) is 5.76 Å². The van der Waals surface area contributed by atoms with Crippen LogP contribution in [0, 0.1) is 12.8 Å². The fourth-order valence-electron chi connectivity index (χ4n) is 3.57. The van der Waals surface area contributed by atoms with Crippen LogP contribution in [-0.4, -0.2) is 28.9 Å². The van der Waals surface area contributed by atoms with Crippen LogP contribution in [-0.2, 0) is 11.3 Å². The standard InChI is InChI=1S/C19H27N3O2S/c1-14-16(21-19(24-14)17-8-5-11-25-17)12-22(13-18(20)23)10-9-15-6-3-2-4-7-15/h5,8,11,15H,2-4,6-7,9-10,12-13H2,1H3,(H2,20,23). The number of carbonyl (C=O) groups excluding carboxylic acids is 1. The third-order valence-corrected chi connectivity index (χ3v) is 5.81. The molecule has 0 atom stereocenters. The SMILES string of the molecule is Cc1oc(-c2cccs2)nc1CN(CCC1CCCCC1)CC(N)=O. The summed E-state index contributed by atoms with van der Waals surface area (Å²) in [6.45, 7) is 3.70. The van der Waals surface area contributed by atoms with Gasteiger partial charge >= 0.3 is 0 Å². The lowest BCUT2D eigenvalue weighted by molar-refractivity contribution is -0.119. The van der Waals surface area contributed by atoms with Crippen molar-refractivity contribution in [2.45, 2.75) is 52.0 Å². The Bertz CT molecular complexity index is 675. The normalized spacial score (nSPS) is 15.8. The van der Waals surface area contributed by atoms with Crippen LogP contribution in [0.5, 0.6) is 0 Å². The summed E-state index contributed by atoms with van der Waals surface area (Å²) in [4.78, 5) is 19.2. The molecule has 1 aliphatic carbocycles. The second kappa shape index (κ2) is 8.63. The molecule has 0 unspecified atom stereocenters. The Labute approximate surface area is 153 Å². The third-order valence-electron chi connectivity index (χ3n) is 4.96. The van der Waals surface area contributed by atoms with Gasteiger partial charge in [-0.2, -0.15) is 0 Å². The number of aryl methyl sites for hydroxylation is 1. The molecule has 2 aromatic heterocycles. The molecular formula is C19H27N3O2S. The monoisotopic (exact) mass is 361 g/mol. The second-order valence-electron chi connectivity index (χ2n) is 6.97. The summed E-state index contributed by atoms with van der Waals surface area (Å²) in [5.41, 5.74) is 6.35. The molecule has 25 heavy (non-hydrogen) atoms. The van der Waals surface area contributed by atoms with Gasteiger partial charge in [-0.15, -0.1) is 11.3 Å². The zero-order valence-corrected chi connectivity index (χ0v) is 15.7. The second-order valence-corrected chi connectivity index (χ2v) is 7.92. The minimum atomic E-state index is -0.289. The number of aromatic nitrogens is 1. The van der Waals surface area contributed by atoms with Gasteiger partial charge < -0.3 is 10.2 Å². The van der Waals surface area contributed by atoms with Crippen molar-refractivity contribution >= 4 is 17.2 Å². The molecule has 0 radical (unpaired) electrons. The van der Waals surface area contributed by atoms with Crippen LogP contribution in [0.1, 0.15) is 50.0 Å². The smallest absolute Gasteiger partial charge is 0.236 e. The fraction of sp³-hybridized carbons (Fsp3) is 0.579. The highest BCUT2D eigenvalue weighted by Gasteiger charge is 2.19. The average Bonchev–Trinajstić information content (AvgIpc) is 3.23. The number of nitrogens with zero attached hydrogens (tertiary/aromatic N) is 2. The number of oxazole rings is 1. The van der Waals surface area contributed by atoms with Crippen LogP contribution in [0.2, 0.25) is 0 Å². The number of hydrogen-bond acceptors (Lipinski definition) is 5. The zero-order chi connectivity index (χ0) is 17.6. The summed E-state index contributed by atoms with van der Waals surface area (Å²) in [7, 11) is 0. The summed E-state index contributed by atoms with van der Waals surface area (Å²) < 4.78 is 5.82. The lowest BCUT2D eigenvalue weighted by Crippen LogP contribution is -2.35. The van der Waals surface area contributed by atoms with E-state index in [9.17, 15) is 4.79 Å². The van der Waals surface area contributed by atoms with E-state index < -0.39 is 0 Å². The Kier molecular flexibility index (Phi) is 6.26. The van der Waals surface area contributed by atoms with Crippen molar-refractivity contribution in [1.29, 1.82) is 0 Å². The van der Waals surface area contributed by atoms with Crippen molar-refractivity contribution in [1.82, 2.24) is 9.88 Å². The van der Waals surface area contributed by atoms with Crippen molar-refractivity contribution in [3.63, 3.8) is 0 Å². The Morgan fingerprint density at radius 1 is 1.40 bits per heavy atom. The first kappa shape index (κ1) is 18.1. The summed E-state index contributed by atoms with van der Waals surface area (Å²) in [5.74, 6) is 1.97. The van der Waals surface area contributed by atoms with Gasteiger partial charge in [-0.3, -0.25) is 9.69 Å². The van der Waals surface area contributed by atoms with E-state index in [1.807, 2.05) is 24.4 Å². The van der Waals surface area contributed by atoms with Crippen LogP contribution >= 0.6 is 11.3 Å². The highest BCUT2D eigenvalue weighted by molar-refractivity contribution is 7.13. The molecule has 0 bridgehead atoms. The Hall–Kier alpha value is -1.66. The van der Waals surface area contributed by atoms with Gasteiger partial charge in [0.2, 0.25) is 11.8 Å². The van der Waals surface area contributed by atoms with E-state index >= 15 is 0 Å². The molecule has 0 aliphatic heterocycles. The molecule has 0 spiro atoms. The van der Waals surface area contributed by atoms with E-state index in [0.29, 0.717) is 12.4 Å². The molecule has 5 nitrogen and oxygen atoms in total. The quantitative estimate of drug-likeness (QED) is 0.772. The molecule has 3 rings (SSSR count). The minimum absolute atomic E-state index is 0.271. The zero-order valence-electron chi connectivity index (χ0n) is 14.9. The Balaban J connectivity index is 1.64. The molecule has 1 amide bonds. The van der Waals surface area contributed by atoms with Gasteiger partial charge in [0, 0.05) is 6.54 Å². The molecule has 136 valence electrons. The highest BCUT2D eigenvalue weighted by Crippen LogP contribution is 2.28. The Morgan fingerprint density at radius 3 is 2.88 bits per heavy atom. The van der Waals surface area contributed by atoms with Crippen molar-refractivity contribution in [3.8, 4) is 10.8 Å². The van der Waals surface area contributed by atoms with E-state index in [0.717, 1.165) is 35.2 Å². The maximum absolute atomic E-state index is 11.5. The van der Waals surface area contributed by atoms with E-state index in [1.54, 1.807) is 11.3 Å². The highest BCUT2D eigenvalue weighted by atomic mass is 32.1. The summed E-state index contributed by atoms with van der Waals surface area (Å²) in [5, 5.41) is 2.01. The molecular weight excluding hydrogens is 334 g/mol. The Morgan fingerprint density at radius 2 is 2.20 bits per heavy atom. The number of carbonyl (C=O) groups is 1. The van der Waals surface area contributed by atoms with Gasteiger partial charge in [-0.05, 0) is 37.3 Å². The van der Waals surface area contributed by atoms with Crippen LogP contribution in [0.15, 0.2) is 21.9 Å². The molecule has 2 N–H and O–H groups in total. The van der Waals surface area contributed by atoms with E-state index in [4.69, 9.17) is 10.2 Å². The van der Waals surface area contributed by atoms with Crippen LogP contribution in [0.25, 0.3) is 10.8 Å². The number of primary amides is 1. The van der Waals surface area contributed by atoms with E-state index in [-0.39, 0.29) is 12.5 Å². The van der Waals surface area contributed by atoms with Gasteiger partial charge in [0.15, 0.2) is 0 Å². The van der Waals surface area contributed by atoms with Gasteiger partial charge in [0.25, 0.3) is 0 Å². The maximum Gasteiger partial charge on any atom is 0.236 e. The number of hydrogen-bond donors (Lipinski definition) is 1. The molecule has 2 heterocycles. The fourth-order valence-corrected chi connectivity index (χ4v) is 4.22. The molecule has 0 saturated heterocycles. The molecule has 6 heteroatoms. The lowest BCUT2D eigenvalue weighted by atomic mass is 9.87. The van der Waals surface area contributed by atoms with E-state index in [1.165, 1.54) is 32.1 Å². The topological polar surface area (TPSA) is 72.4 Å². The molecule has 1 fully saturated rings. The lowest BCUT2D eigenvalue weighted by Gasteiger charge is -2.25. The molecule has 0 aromatic carbocycles.